The van der Waals surface area contributed by atoms with E-state index in [0.717, 1.165) is 0 Å². The highest BCUT2D eigenvalue weighted by Crippen LogP contribution is 2.02. The molecule has 0 aliphatic carbocycles. The quantitative estimate of drug-likeness (QED) is 0.636. The summed E-state index contributed by atoms with van der Waals surface area (Å²) in [5.41, 5.74) is 0. The van der Waals surface area contributed by atoms with Crippen LogP contribution in [0.15, 0.2) is 17.6 Å². The highest BCUT2D eigenvalue weighted by molar-refractivity contribution is 7.89. The van der Waals surface area contributed by atoms with E-state index in [-0.39, 0.29) is 11.6 Å². The summed E-state index contributed by atoms with van der Waals surface area (Å²) in [6, 6.07) is 0. The van der Waals surface area contributed by atoms with Crippen LogP contribution < -0.4 is 4.72 Å². The lowest BCUT2D eigenvalue weighted by Crippen LogP contribution is -2.27. The second-order valence-corrected chi connectivity index (χ2v) is 4.90. The molecule has 86 valence electrons. The lowest BCUT2D eigenvalue weighted by atomic mass is 10.2. The molecule has 1 aromatic rings. The molecule has 0 spiro atoms. The second-order valence-electron chi connectivity index (χ2n) is 3.16. The highest BCUT2D eigenvalue weighted by Gasteiger charge is 2.14. The molecule has 3 N–H and O–H groups in total. The summed E-state index contributed by atoms with van der Waals surface area (Å²) in [6.45, 7) is 2.06. The van der Waals surface area contributed by atoms with Gasteiger partial charge in [0.2, 0.25) is 0 Å². The van der Waals surface area contributed by atoms with Crippen LogP contribution in [0.2, 0.25) is 0 Å². The Labute approximate surface area is 88.8 Å². The molecule has 6 nitrogen and oxygen atoms in total. The van der Waals surface area contributed by atoms with Crippen LogP contribution in [-0.4, -0.2) is 36.1 Å². The van der Waals surface area contributed by atoms with Gasteiger partial charge in [0.1, 0.15) is 0 Å². The second kappa shape index (κ2) is 5.24. The third-order valence-electron chi connectivity index (χ3n) is 2.00. The average molecular weight is 233 g/mol. The van der Waals surface area contributed by atoms with Crippen molar-refractivity contribution in [1.29, 1.82) is 0 Å². The van der Waals surface area contributed by atoms with Crippen molar-refractivity contribution in [2.45, 2.75) is 30.9 Å². The molecule has 1 atom stereocenters. The minimum atomic E-state index is -3.50. The van der Waals surface area contributed by atoms with Crippen LogP contribution >= 0.6 is 0 Å². The van der Waals surface area contributed by atoms with E-state index in [9.17, 15) is 13.5 Å². The summed E-state index contributed by atoms with van der Waals surface area (Å²) in [7, 11) is -3.50. The Kier molecular flexibility index (Phi) is 4.25. The number of imidazole rings is 1. The Balaban J connectivity index is 2.45. The first-order valence-electron chi connectivity index (χ1n) is 4.72. The molecule has 7 heteroatoms. The topological polar surface area (TPSA) is 95.1 Å². The molecular weight excluding hydrogens is 218 g/mol. The minimum absolute atomic E-state index is 0.0356. The molecule has 0 aliphatic heterocycles. The van der Waals surface area contributed by atoms with Gasteiger partial charge < -0.3 is 10.1 Å². The molecule has 0 saturated carbocycles. The molecular formula is C8H15N3O3S. The number of aromatic nitrogens is 2. The van der Waals surface area contributed by atoms with Crippen molar-refractivity contribution in [3.63, 3.8) is 0 Å². The molecule has 1 aromatic heterocycles. The average Bonchev–Trinajstić information content (AvgIpc) is 2.70. The summed E-state index contributed by atoms with van der Waals surface area (Å²) in [6.07, 6.45) is 3.10. The van der Waals surface area contributed by atoms with E-state index in [0.29, 0.717) is 12.8 Å². The van der Waals surface area contributed by atoms with Crippen LogP contribution in [0.25, 0.3) is 0 Å². The summed E-state index contributed by atoms with van der Waals surface area (Å²) in [5, 5.41) is 9.27. The predicted octanol–water partition coefficient (Wildman–Crippen LogP) is -0.151. The van der Waals surface area contributed by atoms with E-state index in [4.69, 9.17) is 0 Å². The fourth-order valence-corrected chi connectivity index (χ4v) is 1.98. The molecule has 0 amide bonds. The largest absolute Gasteiger partial charge is 0.393 e. The van der Waals surface area contributed by atoms with Crippen LogP contribution in [0.5, 0.6) is 0 Å². The van der Waals surface area contributed by atoms with Gasteiger partial charge >= 0.3 is 0 Å². The monoisotopic (exact) mass is 233 g/mol. The number of hydrogen-bond donors (Lipinski definition) is 3. The van der Waals surface area contributed by atoms with Crippen LogP contribution in [0, 0.1) is 0 Å². The van der Waals surface area contributed by atoms with E-state index in [2.05, 4.69) is 14.7 Å². The minimum Gasteiger partial charge on any atom is -0.393 e. The van der Waals surface area contributed by atoms with Gasteiger partial charge in [0, 0.05) is 6.54 Å². The van der Waals surface area contributed by atoms with E-state index in [1.807, 2.05) is 6.92 Å². The summed E-state index contributed by atoms with van der Waals surface area (Å²) in [4.78, 5) is 6.13. The normalized spacial score (nSPS) is 14.0. The summed E-state index contributed by atoms with van der Waals surface area (Å²) < 4.78 is 25.4. The van der Waals surface area contributed by atoms with Crippen molar-refractivity contribution >= 4 is 10.0 Å². The highest BCUT2D eigenvalue weighted by atomic mass is 32.2. The first-order chi connectivity index (χ1) is 7.06. The zero-order valence-corrected chi connectivity index (χ0v) is 9.29. The Morgan fingerprint density at radius 2 is 2.40 bits per heavy atom. The standard InChI is InChI=1S/C8H15N3O3S/c1-2-7(12)3-4-11-15(13,14)8-5-9-6-10-8/h5-7,11-12H,2-4H2,1H3,(H,9,10). The van der Waals surface area contributed by atoms with Crippen molar-refractivity contribution in [3.05, 3.63) is 12.5 Å². The maximum atomic E-state index is 11.5. The Bertz CT molecular complexity index is 374. The van der Waals surface area contributed by atoms with Gasteiger partial charge in [-0.15, -0.1) is 0 Å². The number of rotatable bonds is 6. The number of aliphatic hydroxyl groups is 1. The number of sulfonamides is 1. The predicted molar refractivity (Wildman–Crippen MR) is 54.7 cm³/mol. The van der Waals surface area contributed by atoms with Crippen LogP contribution in [0.3, 0.4) is 0 Å². The van der Waals surface area contributed by atoms with E-state index in [1.165, 1.54) is 12.5 Å². The van der Waals surface area contributed by atoms with Gasteiger partial charge in [0.15, 0.2) is 5.03 Å². The van der Waals surface area contributed by atoms with Crippen molar-refractivity contribution < 1.29 is 13.5 Å². The van der Waals surface area contributed by atoms with Gasteiger partial charge in [-0.2, -0.15) is 0 Å². The molecule has 1 unspecified atom stereocenters. The Morgan fingerprint density at radius 3 is 2.93 bits per heavy atom. The fourth-order valence-electron chi connectivity index (χ4n) is 1.03. The number of nitrogens with one attached hydrogen (secondary N) is 2. The molecule has 0 radical (unpaired) electrons. The van der Waals surface area contributed by atoms with Gasteiger partial charge in [-0.3, -0.25) is 0 Å². The maximum Gasteiger partial charge on any atom is 0.257 e. The lowest BCUT2D eigenvalue weighted by Gasteiger charge is -2.08. The first-order valence-corrected chi connectivity index (χ1v) is 6.20. The molecule has 0 bridgehead atoms. The van der Waals surface area contributed by atoms with Gasteiger partial charge in [0.25, 0.3) is 10.0 Å². The zero-order valence-electron chi connectivity index (χ0n) is 8.47. The van der Waals surface area contributed by atoms with Crippen LogP contribution in [0.4, 0.5) is 0 Å². The van der Waals surface area contributed by atoms with Gasteiger partial charge in [-0.1, -0.05) is 6.92 Å². The number of nitrogens with zero attached hydrogens (tertiary/aromatic N) is 1. The van der Waals surface area contributed by atoms with Crippen molar-refractivity contribution in [3.8, 4) is 0 Å². The van der Waals surface area contributed by atoms with Crippen LogP contribution in [0.1, 0.15) is 19.8 Å². The molecule has 15 heavy (non-hydrogen) atoms. The zero-order chi connectivity index (χ0) is 11.3. The van der Waals surface area contributed by atoms with Crippen molar-refractivity contribution in [2.75, 3.05) is 6.54 Å². The lowest BCUT2D eigenvalue weighted by molar-refractivity contribution is 0.162. The molecule has 1 rings (SSSR count). The number of hydrogen-bond acceptors (Lipinski definition) is 4. The van der Waals surface area contributed by atoms with E-state index < -0.39 is 16.1 Å². The SMILES string of the molecule is CCC(O)CCNS(=O)(=O)c1cnc[nH]1. The molecule has 0 aromatic carbocycles. The Hall–Kier alpha value is -0.920. The molecule has 0 aliphatic rings. The summed E-state index contributed by atoms with van der Waals surface area (Å²) >= 11 is 0. The number of aromatic amines is 1. The smallest absolute Gasteiger partial charge is 0.257 e. The molecule has 1 heterocycles. The van der Waals surface area contributed by atoms with Gasteiger partial charge in [-0.25, -0.2) is 18.1 Å². The number of H-pyrrole nitrogens is 1. The fraction of sp³-hybridized carbons (Fsp3) is 0.625. The molecule has 0 fully saturated rings. The Morgan fingerprint density at radius 1 is 1.67 bits per heavy atom. The van der Waals surface area contributed by atoms with E-state index in [1.54, 1.807) is 0 Å². The van der Waals surface area contributed by atoms with Gasteiger partial charge in [0.05, 0.1) is 18.6 Å². The van der Waals surface area contributed by atoms with Crippen molar-refractivity contribution in [1.82, 2.24) is 14.7 Å². The number of aliphatic hydroxyl groups excluding tert-OH is 1. The molecule has 0 saturated heterocycles. The third kappa shape index (κ3) is 3.61. The maximum absolute atomic E-state index is 11.5. The van der Waals surface area contributed by atoms with Crippen molar-refractivity contribution in [2.24, 2.45) is 0 Å². The van der Waals surface area contributed by atoms with Gasteiger partial charge in [-0.05, 0) is 12.8 Å². The first kappa shape index (κ1) is 12.2. The van der Waals surface area contributed by atoms with E-state index >= 15 is 0 Å². The van der Waals surface area contributed by atoms with Crippen LogP contribution in [-0.2, 0) is 10.0 Å². The summed E-state index contributed by atoms with van der Waals surface area (Å²) in [5.74, 6) is 0. The third-order valence-corrected chi connectivity index (χ3v) is 3.39.